The molecule has 0 saturated carbocycles. The third-order valence-electron chi connectivity index (χ3n) is 3.29. The van der Waals surface area contributed by atoms with Gasteiger partial charge in [0.05, 0.1) is 18.7 Å². The molecule has 18 heavy (non-hydrogen) atoms. The summed E-state index contributed by atoms with van der Waals surface area (Å²) in [5.41, 5.74) is 0.486. The molecule has 0 aliphatic carbocycles. The molecule has 6 nitrogen and oxygen atoms in total. The Balaban J connectivity index is 2.56. The number of carbonyl (C=O) groups is 2. The predicted octanol–water partition coefficient (Wildman–Crippen LogP) is 1.19. The molecule has 1 N–H and O–H groups in total. The molecule has 0 fully saturated rings. The molecule has 0 saturated heterocycles. The lowest BCUT2D eigenvalue weighted by Crippen LogP contribution is -2.25. The van der Waals surface area contributed by atoms with E-state index >= 15 is 0 Å². The summed E-state index contributed by atoms with van der Waals surface area (Å²) >= 11 is 0. The van der Waals surface area contributed by atoms with E-state index in [0.717, 1.165) is 12.2 Å². The molecule has 0 bridgehead atoms. The number of carboxylic acids is 1. The summed E-state index contributed by atoms with van der Waals surface area (Å²) in [5, 5.41) is 9.19. The number of fused-ring (bicyclic) bond motifs is 1. The summed E-state index contributed by atoms with van der Waals surface area (Å²) in [6.45, 7) is 2.63. The molecule has 1 aliphatic heterocycles. The van der Waals surface area contributed by atoms with Crippen molar-refractivity contribution in [3.63, 3.8) is 0 Å². The number of esters is 1. The number of aromatic nitrogens is 2. The minimum absolute atomic E-state index is 0.0121. The van der Waals surface area contributed by atoms with Crippen LogP contribution in [0.2, 0.25) is 0 Å². The van der Waals surface area contributed by atoms with Crippen LogP contribution < -0.4 is 0 Å². The van der Waals surface area contributed by atoms with Gasteiger partial charge in [0, 0.05) is 13.0 Å². The Bertz CT molecular complexity index is 493. The van der Waals surface area contributed by atoms with Gasteiger partial charge in [-0.2, -0.15) is 0 Å². The Morgan fingerprint density at radius 3 is 2.83 bits per heavy atom. The van der Waals surface area contributed by atoms with E-state index in [1.165, 1.54) is 7.11 Å². The summed E-state index contributed by atoms with van der Waals surface area (Å²) in [5.74, 6) is -1.27. The van der Waals surface area contributed by atoms with Crippen molar-refractivity contribution >= 4 is 11.9 Å². The summed E-state index contributed by atoms with van der Waals surface area (Å²) in [6, 6.07) is 0. The van der Waals surface area contributed by atoms with Crippen molar-refractivity contribution in [1.29, 1.82) is 0 Å². The van der Waals surface area contributed by atoms with Crippen LogP contribution in [0.15, 0.2) is 0 Å². The summed E-state index contributed by atoms with van der Waals surface area (Å²) < 4.78 is 6.61. The highest BCUT2D eigenvalue weighted by molar-refractivity contribution is 5.90. The summed E-state index contributed by atoms with van der Waals surface area (Å²) in [6.07, 6.45) is 2.09. The van der Waals surface area contributed by atoms with E-state index in [4.69, 9.17) is 4.74 Å². The molecule has 1 atom stereocenters. The van der Waals surface area contributed by atoms with Crippen molar-refractivity contribution in [3.05, 3.63) is 17.2 Å². The van der Waals surface area contributed by atoms with Crippen LogP contribution in [0.25, 0.3) is 0 Å². The van der Waals surface area contributed by atoms with Crippen LogP contribution in [0.3, 0.4) is 0 Å². The molecule has 1 aliphatic rings. The first-order valence-electron chi connectivity index (χ1n) is 6.00. The number of nitrogens with zero attached hydrogens (tertiary/aromatic N) is 2. The number of carboxylic acid groups (broad SMARTS) is 1. The fraction of sp³-hybridized carbons (Fsp3) is 0.583. The first-order valence-corrected chi connectivity index (χ1v) is 6.00. The van der Waals surface area contributed by atoms with E-state index in [0.29, 0.717) is 25.1 Å². The van der Waals surface area contributed by atoms with Crippen LogP contribution in [0.5, 0.6) is 0 Å². The molecule has 0 aromatic carbocycles. The first-order chi connectivity index (χ1) is 8.60. The average molecular weight is 252 g/mol. The smallest absolute Gasteiger partial charge is 0.356 e. The van der Waals surface area contributed by atoms with Crippen LogP contribution in [0.4, 0.5) is 0 Å². The highest BCUT2D eigenvalue weighted by Gasteiger charge is 2.34. The number of hydrogen-bond donors (Lipinski definition) is 1. The second kappa shape index (κ2) is 4.80. The molecule has 1 aromatic heterocycles. The first kappa shape index (κ1) is 12.6. The Kier molecular flexibility index (Phi) is 3.36. The van der Waals surface area contributed by atoms with Crippen LogP contribution in [-0.2, 0) is 22.5 Å². The fourth-order valence-electron chi connectivity index (χ4n) is 2.51. The van der Waals surface area contributed by atoms with Crippen molar-refractivity contribution in [3.8, 4) is 0 Å². The lowest BCUT2D eigenvalue weighted by Gasteiger charge is -2.23. The van der Waals surface area contributed by atoms with Crippen molar-refractivity contribution in [2.45, 2.75) is 38.6 Å². The third-order valence-corrected chi connectivity index (χ3v) is 3.29. The van der Waals surface area contributed by atoms with Gasteiger partial charge < -0.3 is 14.4 Å². The monoisotopic (exact) mass is 252 g/mol. The average Bonchev–Trinajstić information content (AvgIpc) is 2.76. The van der Waals surface area contributed by atoms with Crippen LogP contribution in [0, 0.1) is 0 Å². The normalized spacial score (nSPS) is 18.2. The highest BCUT2D eigenvalue weighted by atomic mass is 16.5. The molecule has 2 heterocycles. The van der Waals surface area contributed by atoms with Crippen molar-refractivity contribution in [2.75, 3.05) is 7.11 Å². The molecular weight excluding hydrogens is 236 g/mol. The van der Waals surface area contributed by atoms with Gasteiger partial charge in [-0.25, -0.2) is 9.78 Å². The Labute approximate surface area is 105 Å². The van der Waals surface area contributed by atoms with Gasteiger partial charge in [-0.15, -0.1) is 0 Å². The maximum Gasteiger partial charge on any atom is 0.356 e. The van der Waals surface area contributed by atoms with E-state index in [9.17, 15) is 14.7 Å². The quantitative estimate of drug-likeness (QED) is 0.817. The van der Waals surface area contributed by atoms with E-state index in [1.54, 1.807) is 0 Å². The SMILES string of the molecule is CCc1nc(C(=O)O)c2n1CCCC2C(=O)OC. The van der Waals surface area contributed by atoms with E-state index in [1.807, 2.05) is 11.5 Å². The molecule has 6 heteroatoms. The summed E-state index contributed by atoms with van der Waals surface area (Å²) in [4.78, 5) is 27.1. The number of hydrogen-bond acceptors (Lipinski definition) is 4. The molecular formula is C12H16N2O4. The molecule has 98 valence electrons. The van der Waals surface area contributed by atoms with Crippen LogP contribution >= 0.6 is 0 Å². The number of aromatic carboxylic acids is 1. The van der Waals surface area contributed by atoms with Gasteiger partial charge >= 0.3 is 11.9 Å². The Hall–Kier alpha value is -1.85. The molecule has 2 rings (SSSR count). The Morgan fingerprint density at radius 2 is 2.28 bits per heavy atom. The third kappa shape index (κ3) is 1.87. The fourth-order valence-corrected chi connectivity index (χ4v) is 2.51. The second-order valence-corrected chi connectivity index (χ2v) is 4.29. The largest absolute Gasteiger partial charge is 0.476 e. The minimum atomic E-state index is -1.09. The lowest BCUT2D eigenvalue weighted by molar-refractivity contribution is -0.143. The number of methoxy groups -OCH3 is 1. The van der Waals surface area contributed by atoms with E-state index < -0.39 is 11.9 Å². The topological polar surface area (TPSA) is 81.4 Å². The van der Waals surface area contributed by atoms with Gasteiger partial charge in [-0.05, 0) is 12.8 Å². The molecule has 0 amide bonds. The van der Waals surface area contributed by atoms with Crippen molar-refractivity contribution < 1.29 is 19.4 Å². The second-order valence-electron chi connectivity index (χ2n) is 4.29. The standard InChI is InChI=1S/C12H16N2O4/c1-3-8-13-9(11(15)16)10-7(12(17)18-2)5-4-6-14(8)10/h7H,3-6H2,1-2H3,(H,15,16). The number of aryl methyl sites for hydroxylation is 1. The van der Waals surface area contributed by atoms with E-state index in [-0.39, 0.29) is 11.7 Å². The van der Waals surface area contributed by atoms with Gasteiger partial charge in [0.2, 0.25) is 0 Å². The predicted molar refractivity (Wildman–Crippen MR) is 62.6 cm³/mol. The van der Waals surface area contributed by atoms with E-state index in [2.05, 4.69) is 4.98 Å². The summed E-state index contributed by atoms with van der Waals surface area (Å²) in [7, 11) is 1.32. The zero-order valence-corrected chi connectivity index (χ0v) is 10.5. The van der Waals surface area contributed by atoms with Gasteiger partial charge in [0.1, 0.15) is 5.82 Å². The Morgan fingerprint density at radius 1 is 1.56 bits per heavy atom. The molecule has 0 radical (unpaired) electrons. The van der Waals surface area contributed by atoms with Gasteiger partial charge in [-0.1, -0.05) is 6.92 Å². The molecule has 1 aromatic rings. The number of ether oxygens (including phenoxy) is 1. The van der Waals surface area contributed by atoms with Crippen LogP contribution in [0.1, 0.15) is 47.7 Å². The number of rotatable bonds is 3. The lowest BCUT2D eigenvalue weighted by atomic mass is 9.94. The van der Waals surface area contributed by atoms with Gasteiger partial charge in [0.15, 0.2) is 5.69 Å². The van der Waals surface area contributed by atoms with Crippen LogP contribution in [-0.4, -0.2) is 33.7 Å². The number of carbonyl (C=O) groups excluding carboxylic acids is 1. The zero-order chi connectivity index (χ0) is 13.3. The van der Waals surface area contributed by atoms with Crippen molar-refractivity contribution in [2.24, 2.45) is 0 Å². The molecule has 0 spiro atoms. The van der Waals surface area contributed by atoms with Gasteiger partial charge in [0.25, 0.3) is 0 Å². The minimum Gasteiger partial charge on any atom is -0.476 e. The number of imidazole rings is 1. The molecule has 1 unspecified atom stereocenters. The maximum atomic E-state index is 11.7. The van der Waals surface area contributed by atoms with Gasteiger partial charge in [-0.3, -0.25) is 4.79 Å². The maximum absolute atomic E-state index is 11.7. The highest BCUT2D eigenvalue weighted by Crippen LogP contribution is 2.32. The zero-order valence-electron chi connectivity index (χ0n) is 10.5. The van der Waals surface area contributed by atoms with Crippen molar-refractivity contribution in [1.82, 2.24) is 9.55 Å².